The lowest BCUT2D eigenvalue weighted by Crippen LogP contribution is -2.48. The molecule has 2 aliphatic rings. The molecule has 0 bridgehead atoms. The number of thioether (sulfide) groups is 1. The highest BCUT2D eigenvalue weighted by Gasteiger charge is 2.45. The van der Waals surface area contributed by atoms with Gasteiger partial charge in [0.1, 0.15) is 11.4 Å². The van der Waals surface area contributed by atoms with Gasteiger partial charge in [-0.3, -0.25) is 5.32 Å². The molecule has 112 valence electrons. The molecule has 0 aromatic heterocycles. The molecule has 2 atom stereocenters. The van der Waals surface area contributed by atoms with Crippen molar-refractivity contribution >= 4 is 11.8 Å². The van der Waals surface area contributed by atoms with Crippen molar-refractivity contribution in [2.45, 2.75) is 55.0 Å². The smallest absolute Gasteiger partial charge is 0.123 e. The van der Waals surface area contributed by atoms with Crippen molar-refractivity contribution in [3.8, 4) is 6.07 Å². The van der Waals surface area contributed by atoms with Crippen LogP contribution in [-0.2, 0) is 0 Å². The third kappa shape index (κ3) is 3.59. The molecule has 2 fully saturated rings. The molecular weight excluding hydrogens is 283 g/mol. The standard InChI is InChI=1S/C17H21FN2S/c18-14-3-7-16(8-4-14)21-11-9-13-2-1-10-17(13,12-19)20-15-5-6-15/h3-4,7-8,13,15,20H,1-2,5-6,9-11H2. The molecule has 3 rings (SSSR count). The monoisotopic (exact) mass is 304 g/mol. The molecular formula is C17H21FN2S. The number of hydrogen-bond acceptors (Lipinski definition) is 3. The molecule has 0 heterocycles. The van der Waals surface area contributed by atoms with Crippen LogP contribution in [0.4, 0.5) is 4.39 Å². The zero-order chi connectivity index (χ0) is 14.7. The van der Waals surface area contributed by atoms with Gasteiger partial charge in [-0.2, -0.15) is 5.26 Å². The minimum absolute atomic E-state index is 0.188. The SMILES string of the molecule is N#CC1(NC2CC2)CCCC1CCSc1ccc(F)cc1. The summed E-state index contributed by atoms with van der Waals surface area (Å²) in [4.78, 5) is 1.10. The summed E-state index contributed by atoms with van der Waals surface area (Å²) in [7, 11) is 0. The lowest BCUT2D eigenvalue weighted by molar-refractivity contribution is 0.308. The molecule has 2 aliphatic carbocycles. The Kier molecular flexibility index (Phi) is 4.51. The van der Waals surface area contributed by atoms with Crippen molar-refractivity contribution in [1.82, 2.24) is 5.32 Å². The Balaban J connectivity index is 1.53. The molecule has 1 aromatic carbocycles. The van der Waals surface area contributed by atoms with E-state index in [1.807, 2.05) is 12.1 Å². The second-order valence-corrected chi connectivity index (χ2v) is 7.35. The van der Waals surface area contributed by atoms with Crippen LogP contribution in [0.2, 0.25) is 0 Å². The summed E-state index contributed by atoms with van der Waals surface area (Å²) in [5, 5.41) is 13.3. The fourth-order valence-electron chi connectivity index (χ4n) is 3.28. The number of benzene rings is 1. The van der Waals surface area contributed by atoms with Gasteiger partial charge in [0.25, 0.3) is 0 Å². The molecule has 21 heavy (non-hydrogen) atoms. The van der Waals surface area contributed by atoms with E-state index in [2.05, 4.69) is 11.4 Å². The van der Waals surface area contributed by atoms with Crippen LogP contribution in [0.5, 0.6) is 0 Å². The lowest BCUT2D eigenvalue weighted by Gasteiger charge is -2.30. The van der Waals surface area contributed by atoms with Crippen LogP contribution in [0.3, 0.4) is 0 Å². The second kappa shape index (κ2) is 6.37. The maximum Gasteiger partial charge on any atom is 0.123 e. The van der Waals surface area contributed by atoms with Crippen molar-refractivity contribution in [2.24, 2.45) is 5.92 Å². The van der Waals surface area contributed by atoms with Gasteiger partial charge in [-0.15, -0.1) is 11.8 Å². The molecule has 2 nitrogen and oxygen atoms in total. The van der Waals surface area contributed by atoms with E-state index in [9.17, 15) is 9.65 Å². The summed E-state index contributed by atoms with van der Waals surface area (Å²) >= 11 is 1.76. The molecule has 0 amide bonds. The van der Waals surface area contributed by atoms with Crippen molar-refractivity contribution in [2.75, 3.05) is 5.75 Å². The van der Waals surface area contributed by atoms with Gasteiger partial charge in [-0.05, 0) is 68.0 Å². The molecule has 1 N–H and O–H groups in total. The summed E-state index contributed by atoms with van der Waals surface area (Å²) in [6.45, 7) is 0. The first-order valence-corrected chi connectivity index (χ1v) is 8.78. The van der Waals surface area contributed by atoms with Gasteiger partial charge in [0, 0.05) is 10.9 Å². The summed E-state index contributed by atoms with van der Waals surface area (Å²) in [6.07, 6.45) is 6.79. The first kappa shape index (κ1) is 14.9. The number of nitrogens with one attached hydrogen (secondary N) is 1. The predicted octanol–water partition coefficient (Wildman–Crippen LogP) is 4.12. The topological polar surface area (TPSA) is 35.8 Å². The lowest BCUT2D eigenvalue weighted by atomic mass is 9.86. The van der Waals surface area contributed by atoms with E-state index in [1.54, 1.807) is 11.8 Å². The highest BCUT2D eigenvalue weighted by Crippen LogP contribution is 2.41. The number of nitrogens with zero attached hydrogens (tertiary/aromatic N) is 1. The summed E-state index contributed by atoms with van der Waals surface area (Å²) in [6, 6.07) is 9.83. The highest BCUT2D eigenvalue weighted by atomic mass is 32.2. The fourth-order valence-corrected chi connectivity index (χ4v) is 4.25. The van der Waals surface area contributed by atoms with E-state index < -0.39 is 0 Å². The van der Waals surface area contributed by atoms with Crippen LogP contribution in [0.1, 0.15) is 38.5 Å². The zero-order valence-corrected chi connectivity index (χ0v) is 13.0. The van der Waals surface area contributed by atoms with Crippen LogP contribution in [0.15, 0.2) is 29.2 Å². The van der Waals surface area contributed by atoms with Crippen LogP contribution in [0.25, 0.3) is 0 Å². The number of halogens is 1. The first-order chi connectivity index (χ1) is 10.2. The quantitative estimate of drug-likeness (QED) is 0.803. The van der Waals surface area contributed by atoms with Gasteiger partial charge in [0.05, 0.1) is 6.07 Å². The fraction of sp³-hybridized carbons (Fsp3) is 0.588. The molecule has 2 saturated carbocycles. The molecule has 1 aromatic rings. The molecule has 0 saturated heterocycles. The molecule has 2 unspecified atom stereocenters. The molecule has 0 aliphatic heterocycles. The van der Waals surface area contributed by atoms with Gasteiger partial charge in [-0.25, -0.2) is 4.39 Å². The summed E-state index contributed by atoms with van der Waals surface area (Å²) in [5.74, 6) is 1.26. The maximum atomic E-state index is 12.9. The third-order valence-corrected chi connectivity index (χ3v) is 5.65. The van der Waals surface area contributed by atoms with E-state index in [-0.39, 0.29) is 11.4 Å². The predicted molar refractivity (Wildman–Crippen MR) is 83.6 cm³/mol. The van der Waals surface area contributed by atoms with E-state index in [0.29, 0.717) is 12.0 Å². The molecule has 0 spiro atoms. The Labute approximate surface area is 130 Å². The largest absolute Gasteiger partial charge is 0.296 e. The normalized spacial score (nSPS) is 28.5. The number of rotatable bonds is 6. The molecule has 0 radical (unpaired) electrons. The van der Waals surface area contributed by atoms with Crippen molar-refractivity contribution in [3.63, 3.8) is 0 Å². The van der Waals surface area contributed by atoms with Crippen molar-refractivity contribution in [3.05, 3.63) is 30.1 Å². The van der Waals surface area contributed by atoms with Gasteiger partial charge >= 0.3 is 0 Å². The second-order valence-electron chi connectivity index (χ2n) is 6.18. The van der Waals surface area contributed by atoms with Crippen molar-refractivity contribution < 1.29 is 4.39 Å². The minimum atomic E-state index is -0.287. The van der Waals surface area contributed by atoms with E-state index in [1.165, 1.54) is 25.0 Å². The van der Waals surface area contributed by atoms with E-state index in [4.69, 9.17) is 0 Å². The van der Waals surface area contributed by atoms with Crippen LogP contribution in [-0.4, -0.2) is 17.3 Å². The van der Waals surface area contributed by atoms with E-state index >= 15 is 0 Å². The average molecular weight is 304 g/mol. The Morgan fingerprint density at radius 1 is 1.29 bits per heavy atom. The van der Waals surface area contributed by atoms with E-state index in [0.717, 1.165) is 36.3 Å². The Morgan fingerprint density at radius 3 is 2.71 bits per heavy atom. The zero-order valence-electron chi connectivity index (χ0n) is 12.1. The van der Waals surface area contributed by atoms with Gasteiger partial charge < -0.3 is 0 Å². The third-order valence-electron chi connectivity index (χ3n) is 4.61. The maximum absolute atomic E-state index is 12.9. The van der Waals surface area contributed by atoms with Gasteiger partial charge in [-0.1, -0.05) is 6.42 Å². The van der Waals surface area contributed by atoms with Gasteiger partial charge in [0.15, 0.2) is 0 Å². The van der Waals surface area contributed by atoms with Gasteiger partial charge in [0.2, 0.25) is 0 Å². The van der Waals surface area contributed by atoms with Crippen LogP contribution in [0, 0.1) is 23.1 Å². The minimum Gasteiger partial charge on any atom is -0.296 e. The Bertz CT molecular complexity index is 521. The average Bonchev–Trinajstić information content (AvgIpc) is 3.21. The number of nitriles is 1. The van der Waals surface area contributed by atoms with Crippen LogP contribution < -0.4 is 5.32 Å². The summed E-state index contributed by atoms with van der Waals surface area (Å²) in [5.41, 5.74) is -0.287. The molecule has 4 heteroatoms. The highest BCUT2D eigenvalue weighted by molar-refractivity contribution is 7.99. The Hall–Kier alpha value is -1.05. The summed E-state index contributed by atoms with van der Waals surface area (Å²) < 4.78 is 12.9. The first-order valence-electron chi connectivity index (χ1n) is 7.79. The Morgan fingerprint density at radius 2 is 2.05 bits per heavy atom. The van der Waals surface area contributed by atoms with Crippen LogP contribution >= 0.6 is 11.8 Å². The number of hydrogen-bond donors (Lipinski definition) is 1. The van der Waals surface area contributed by atoms with Crippen molar-refractivity contribution in [1.29, 1.82) is 5.26 Å².